The van der Waals surface area contributed by atoms with E-state index in [4.69, 9.17) is 4.42 Å². The van der Waals surface area contributed by atoms with Gasteiger partial charge in [0, 0.05) is 12.6 Å². The SMILES string of the molecule is Cc1nc2cc(NC(=O)Cn3c(=O)[nH]c(=O)c4ccccc43)ccc2o1. The summed E-state index contributed by atoms with van der Waals surface area (Å²) in [5, 5.41) is 3.07. The summed E-state index contributed by atoms with van der Waals surface area (Å²) in [6.45, 7) is 1.51. The molecule has 0 unspecified atom stereocenters. The number of fused-ring (bicyclic) bond motifs is 2. The standard InChI is InChI=1S/C18H14N4O4/c1-10-19-13-8-11(6-7-15(13)26-10)20-16(23)9-22-14-5-3-2-4-12(14)17(24)21-18(22)25/h2-8H,9H2,1H3,(H,20,23)(H,21,24,25). The Balaban J connectivity index is 1.64. The summed E-state index contributed by atoms with van der Waals surface area (Å²) in [5.74, 6) is 0.138. The second-order valence-electron chi connectivity index (χ2n) is 5.83. The molecule has 2 aromatic carbocycles. The highest BCUT2D eigenvalue weighted by molar-refractivity contribution is 5.93. The lowest BCUT2D eigenvalue weighted by Gasteiger charge is -2.10. The highest BCUT2D eigenvalue weighted by Gasteiger charge is 2.12. The van der Waals surface area contributed by atoms with Gasteiger partial charge in [0.05, 0.1) is 10.9 Å². The number of para-hydroxylation sites is 1. The zero-order chi connectivity index (χ0) is 18.3. The molecule has 0 radical (unpaired) electrons. The van der Waals surface area contributed by atoms with Gasteiger partial charge in [-0.3, -0.25) is 19.1 Å². The average molecular weight is 350 g/mol. The molecule has 2 heterocycles. The summed E-state index contributed by atoms with van der Waals surface area (Å²) < 4.78 is 6.62. The van der Waals surface area contributed by atoms with Crippen LogP contribution < -0.4 is 16.6 Å². The Labute approximate surface area is 146 Å². The first-order chi connectivity index (χ1) is 12.5. The van der Waals surface area contributed by atoms with Crippen molar-refractivity contribution in [2.45, 2.75) is 13.5 Å². The van der Waals surface area contributed by atoms with Gasteiger partial charge in [0.1, 0.15) is 12.1 Å². The summed E-state index contributed by atoms with van der Waals surface area (Å²) >= 11 is 0. The second kappa shape index (κ2) is 5.99. The van der Waals surface area contributed by atoms with E-state index in [0.29, 0.717) is 33.6 Å². The molecule has 8 heteroatoms. The normalized spacial score (nSPS) is 11.1. The third kappa shape index (κ3) is 2.77. The number of amides is 1. The molecule has 0 saturated carbocycles. The van der Waals surface area contributed by atoms with Crippen LogP contribution in [-0.2, 0) is 11.3 Å². The van der Waals surface area contributed by atoms with E-state index in [0.717, 1.165) is 0 Å². The molecule has 2 aromatic heterocycles. The number of anilines is 1. The van der Waals surface area contributed by atoms with Crippen LogP contribution in [0.2, 0.25) is 0 Å². The third-order valence-electron chi connectivity index (χ3n) is 3.99. The lowest BCUT2D eigenvalue weighted by Crippen LogP contribution is -2.33. The number of nitrogens with one attached hydrogen (secondary N) is 2. The van der Waals surface area contributed by atoms with E-state index >= 15 is 0 Å². The van der Waals surface area contributed by atoms with Crippen molar-refractivity contribution < 1.29 is 9.21 Å². The first-order valence-electron chi connectivity index (χ1n) is 7.90. The van der Waals surface area contributed by atoms with Crippen molar-refractivity contribution in [1.82, 2.24) is 14.5 Å². The van der Waals surface area contributed by atoms with Crippen LogP contribution in [-0.4, -0.2) is 20.4 Å². The van der Waals surface area contributed by atoms with Crippen LogP contribution in [0.5, 0.6) is 0 Å². The molecule has 2 N–H and O–H groups in total. The number of carbonyl (C=O) groups excluding carboxylic acids is 1. The van der Waals surface area contributed by atoms with Crippen molar-refractivity contribution in [3.05, 3.63) is 69.2 Å². The van der Waals surface area contributed by atoms with Crippen LogP contribution in [0.15, 0.2) is 56.5 Å². The Morgan fingerprint density at radius 1 is 1.23 bits per heavy atom. The highest BCUT2D eigenvalue weighted by Crippen LogP contribution is 2.19. The van der Waals surface area contributed by atoms with Gasteiger partial charge in [-0.2, -0.15) is 0 Å². The number of carbonyl (C=O) groups is 1. The minimum atomic E-state index is -0.633. The number of rotatable bonds is 3. The van der Waals surface area contributed by atoms with Crippen molar-refractivity contribution in [3.8, 4) is 0 Å². The van der Waals surface area contributed by atoms with E-state index in [2.05, 4.69) is 15.3 Å². The molecule has 26 heavy (non-hydrogen) atoms. The molecule has 130 valence electrons. The Kier molecular flexibility index (Phi) is 3.65. The summed E-state index contributed by atoms with van der Waals surface area (Å²) in [5.41, 5.74) is 1.09. The lowest BCUT2D eigenvalue weighted by molar-refractivity contribution is -0.116. The minimum absolute atomic E-state index is 0.230. The summed E-state index contributed by atoms with van der Waals surface area (Å²) in [4.78, 5) is 42.8. The number of oxazole rings is 1. The molecule has 1 amide bonds. The predicted octanol–water partition coefficient (Wildman–Crippen LogP) is 1.78. The number of aryl methyl sites for hydroxylation is 1. The summed E-state index contributed by atoms with van der Waals surface area (Å²) in [7, 11) is 0. The van der Waals surface area contributed by atoms with E-state index in [1.54, 1.807) is 49.4 Å². The summed E-state index contributed by atoms with van der Waals surface area (Å²) in [6.07, 6.45) is 0. The molecular weight excluding hydrogens is 336 g/mol. The van der Waals surface area contributed by atoms with Gasteiger partial charge in [-0.1, -0.05) is 12.1 Å². The number of hydrogen-bond acceptors (Lipinski definition) is 5. The Morgan fingerprint density at radius 2 is 2.04 bits per heavy atom. The van der Waals surface area contributed by atoms with E-state index in [1.807, 2.05) is 0 Å². The van der Waals surface area contributed by atoms with Gasteiger partial charge in [-0.15, -0.1) is 0 Å². The van der Waals surface area contributed by atoms with Gasteiger partial charge in [0.2, 0.25) is 5.91 Å². The number of nitrogens with zero attached hydrogens (tertiary/aromatic N) is 2. The van der Waals surface area contributed by atoms with E-state index in [9.17, 15) is 14.4 Å². The maximum Gasteiger partial charge on any atom is 0.329 e. The van der Waals surface area contributed by atoms with E-state index in [1.165, 1.54) is 4.57 Å². The first-order valence-corrected chi connectivity index (χ1v) is 7.90. The van der Waals surface area contributed by atoms with Gasteiger partial charge in [0.25, 0.3) is 5.56 Å². The maximum absolute atomic E-state index is 12.4. The highest BCUT2D eigenvalue weighted by atomic mass is 16.3. The molecule has 0 aliphatic carbocycles. The fraction of sp³-hybridized carbons (Fsp3) is 0.111. The zero-order valence-electron chi connectivity index (χ0n) is 13.8. The number of benzene rings is 2. The molecule has 0 spiro atoms. The molecular formula is C18H14N4O4. The van der Waals surface area contributed by atoms with Crippen molar-refractivity contribution in [3.63, 3.8) is 0 Å². The Hall–Kier alpha value is -3.68. The molecule has 0 aliphatic heterocycles. The van der Waals surface area contributed by atoms with Crippen LogP contribution in [0.4, 0.5) is 5.69 Å². The smallest absolute Gasteiger partial charge is 0.329 e. The number of aromatic nitrogens is 3. The minimum Gasteiger partial charge on any atom is -0.441 e. The predicted molar refractivity (Wildman–Crippen MR) is 96.2 cm³/mol. The number of H-pyrrole nitrogens is 1. The Bertz CT molecular complexity index is 1270. The van der Waals surface area contributed by atoms with Crippen LogP contribution in [0.25, 0.3) is 22.0 Å². The zero-order valence-corrected chi connectivity index (χ0v) is 13.8. The molecule has 0 fully saturated rings. The van der Waals surface area contributed by atoms with Gasteiger partial charge >= 0.3 is 5.69 Å². The quantitative estimate of drug-likeness (QED) is 0.585. The van der Waals surface area contributed by atoms with Crippen LogP contribution in [0.3, 0.4) is 0 Å². The van der Waals surface area contributed by atoms with Crippen molar-refractivity contribution >= 4 is 33.6 Å². The lowest BCUT2D eigenvalue weighted by atomic mass is 10.2. The largest absolute Gasteiger partial charge is 0.441 e. The van der Waals surface area contributed by atoms with Crippen molar-refractivity contribution in [2.75, 3.05) is 5.32 Å². The van der Waals surface area contributed by atoms with Gasteiger partial charge in [0.15, 0.2) is 11.5 Å². The molecule has 0 saturated heterocycles. The van der Waals surface area contributed by atoms with Gasteiger partial charge in [-0.05, 0) is 30.3 Å². The molecule has 0 aliphatic rings. The van der Waals surface area contributed by atoms with Crippen molar-refractivity contribution in [1.29, 1.82) is 0 Å². The van der Waals surface area contributed by atoms with Crippen LogP contribution in [0.1, 0.15) is 5.89 Å². The Morgan fingerprint density at radius 3 is 2.88 bits per heavy atom. The van der Waals surface area contributed by atoms with E-state index in [-0.39, 0.29) is 6.54 Å². The molecule has 8 nitrogen and oxygen atoms in total. The second-order valence-corrected chi connectivity index (χ2v) is 5.83. The topological polar surface area (TPSA) is 110 Å². The number of aromatic amines is 1. The van der Waals surface area contributed by atoms with Gasteiger partial charge < -0.3 is 9.73 Å². The molecule has 0 atom stereocenters. The fourth-order valence-electron chi connectivity index (χ4n) is 2.86. The van der Waals surface area contributed by atoms with Crippen LogP contribution >= 0.6 is 0 Å². The molecule has 4 rings (SSSR count). The fourth-order valence-corrected chi connectivity index (χ4v) is 2.86. The number of hydrogen-bond donors (Lipinski definition) is 2. The van der Waals surface area contributed by atoms with Crippen molar-refractivity contribution in [2.24, 2.45) is 0 Å². The third-order valence-corrected chi connectivity index (χ3v) is 3.99. The average Bonchev–Trinajstić information content (AvgIpc) is 2.98. The molecule has 0 bridgehead atoms. The first kappa shape index (κ1) is 15.8. The van der Waals surface area contributed by atoms with Gasteiger partial charge in [-0.25, -0.2) is 9.78 Å². The van der Waals surface area contributed by atoms with E-state index < -0.39 is 17.2 Å². The molecule has 4 aromatic rings. The maximum atomic E-state index is 12.4. The monoisotopic (exact) mass is 350 g/mol. The summed E-state index contributed by atoms with van der Waals surface area (Å²) in [6, 6.07) is 11.7. The van der Waals surface area contributed by atoms with Crippen LogP contribution in [0, 0.1) is 6.92 Å².